The zero-order chi connectivity index (χ0) is 13.9. The fraction of sp³-hybridized carbons (Fsp3) is 0.615. The Morgan fingerprint density at radius 2 is 2.05 bits per heavy atom. The summed E-state index contributed by atoms with van der Waals surface area (Å²) in [4.78, 5) is 4.43. The van der Waals surface area contributed by atoms with Crippen molar-refractivity contribution in [2.45, 2.75) is 32.4 Å². The molecule has 0 radical (unpaired) electrons. The topological polar surface area (TPSA) is 68.3 Å². The highest BCUT2D eigenvalue weighted by atomic mass is 32.2. The lowest BCUT2D eigenvalue weighted by Gasteiger charge is -2.23. The summed E-state index contributed by atoms with van der Waals surface area (Å²) in [6.45, 7) is 2.57. The lowest BCUT2D eigenvalue weighted by molar-refractivity contribution is 0.411. The van der Waals surface area contributed by atoms with Gasteiger partial charge in [-0.05, 0) is 19.8 Å². The Balaban J connectivity index is 1.91. The van der Waals surface area contributed by atoms with E-state index in [0.29, 0.717) is 19.4 Å². The van der Waals surface area contributed by atoms with Crippen LogP contribution < -0.4 is 10.1 Å². The summed E-state index contributed by atoms with van der Waals surface area (Å²) in [6, 6.07) is 4.05. The monoisotopic (exact) mass is 284 g/mol. The van der Waals surface area contributed by atoms with Crippen molar-refractivity contribution in [2.24, 2.45) is 0 Å². The largest absolute Gasteiger partial charge is 0.497 e. The van der Waals surface area contributed by atoms with Crippen molar-refractivity contribution in [3.63, 3.8) is 0 Å². The fourth-order valence-electron chi connectivity index (χ4n) is 2.25. The van der Waals surface area contributed by atoms with E-state index in [2.05, 4.69) is 10.3 Å². The van der Waals surface area contributed by atoms with Gasteiger partial charge in [-0.1, -0.05) is 0 Å². The summed E-state index contributed by atoms with van der Waals surface area (Å²) >= 11 is 0. The van der Waals surface area contributed by atoms with Gasteiger partial charge in [0.1, 0.15) is 15.6 Å². The minimum absolute atomic E-state index is 0.261. The van der Waals surface area contributed by atoms with E-state index in [1.54, 1.807) is 7.11 Å². The van der Waals surface area contributed by atoms with Crippen molar-refractivity contribution >= 4 is 9.84 Å². The van der Waals surface area contributed by atoms with Gasteiger partial charge in [-0.25, -0.2) is 8.42 Å². The second kappa shape index (κ2) is 5.88. The van der Waals surface area contributed by atoms with Gasteiger partial charge in [0.15, 0.2) is 0 Å². The van der Waals surface area contributed by atoms with Crippen LogP contribution in [0.25, 0.3) is 0 Å². The van der Waals surface area contributed by atoms with Crippen molar-refractivity contribution in [3.8, 4) is 5.75 Å². The maximum absolute atomic E-state index is 11.3. The SMILES string of the molecule is COc1cc(C)nc(CNC2CCS(=O)(=O)CC2)c1. The van der Waals surface area contributed by atoms with Gasteiger partial charge in [0, 0.05) is 30.4 Å². The molecular formula is C13H20N2O3S. The summed E-state index contributed by atoms with van der Waals surface area (Å²) in [7, 11) is -1.15. The number of pyridine rings is 1. The first-order valence-corrected chi connectivity index (χ1v) is 8.26. The molecule has 0 bridgehead atoms. The number of hydrogen-bond donors (Lipinski definition) is 1. The van der Waals surface area contributed by atoms with Gasteiger partial charge in [-0.3, -0.25) is 4.98 Å². The molecule has 2 rings (SSSR count). The predicted octanol–water partition coefficient (Wildman–Crippen LogP) is 1.07. The Kier molecular flexibility index (Phi) is 4.42. The summed E-state index contributed by atoms with van der Waals surface area (Å²) in [5.41, 5.74) is 1.84. The van der Waals surface area contributed by atoms with Gasteiger partial charge >= 0.3 is 0 Å². The highest BCUT2D eigenvalue weighted by molar-refractivity contribution is 7.91. The van der Waals surface area contributed by atoms with Crippen LogP contribution in [0.4, 0.5) is 0 Å². The standard InChI is InChI=1S/C13H20N2O3S/c1-10-7-13(18-2)8-12(15-10)9-14-11-3-5-19(16,17)6-4-11/h7-8,11,14H,3-6,9H2,1-2H3. The molecule has 0 saturated carbocycles. The van der Waals surface area contributed by atoms with Crippen molar-refractivity contribution in [1.82, 2.24) is 10.3 Å². The van der Waals surface area contributed by atoms with E-state index in [1.165, 1.54) is 0 Å². The van der Waals surface area contributed by atoms with Crippen LogP contribution in [0.15, 0.2) is 12.1 Å². The van der Waals surface area contributed by atoms with Gasteiger partial charge in [-0.2, -0.15) is 0 Å². The quantitative estimate of drug-likeness (QED) is 0.895. The number of nitrogens with one attached hydrogen (secondary N) is 1. The Morgan fingerprint density at radius 1 is 1.37 bits per heavy atom. The molecule has 0 aromatic carbocycles. The summed E-state index contributed by atoms with van der Waals surface area (Å²) in [6.07, 6.45) is 1.37. The molecule has 0 amide bonds. The first-order chi connectivity index (χ1) is 8.98. The summed E-state index contributed by atoms with van der Waals surface area (Å²) < 4.78 is 27.9. The van der Waals surface area contributed by atoms with E-state index in [9.17, 15) is 8.42 Å². The first-order valence-electron chi connectivity index (χ1n) is 6.44. The number of methoxy groups -OCH3 is 1. The van der Waals surface area contributed by atoms with Crippen molar-refractivity contribution < 1.29 is 13.2 Å². The second-order valence-corrected chi connectivity index (χ2v) is 7.25. The van der Waals surface area contributed by atoms with E-state index >= 15 is 0 Å². The van der Waals surface area contributed by atoms with Crippen molar-refractivity contribution in [1.29, 1.82) is 0 Å². The molecule has 5 nitrogen and oxygen atoms in total. The van der Waals surface area contributed by atoms with E-state index in [-0.39, 0.29) is 17.5 Å². The third-order valence-electron chi connectivity index (χ3n) is 3.34. The molecule has 0 unspecified atom stereocenters. The van der Waals surface area contributed by atoms with Gasteiger partial charge in [0.05, 0.1) is 24.3 Å². The Morgan fingerprint density at radius 3 is 2.68 bits per heavy atom. The van der Waals surface area contributed by atoms with Gasteiger partial charge < -0.3 is 10.1 Å². The maximum Gasteiger partial charge on any atom is 0.150 e. The molecule has 0 spiro atoms. The molecule has 1 aromatic heterocycles. The van der Waals surface area contributed by atoms with Crippen LogP contribution in [0, 0.1) is 6.92 Å². The number of aromatic nitrogens is 1. The number of aryl methyl sites for hydroxylation is 1. The predicted molar refractivity (Wildman–Crippen MR) is 74.0 cm³/mol. The van der Waals surface area contributed by atoms with Crippen LogP contribution >= 0.6 is 0 Å². The lowest BCUT2D eigenvalue weighted by atomic mass is 10.1. The minimum Gasteiger partial charge on any atom is -0.497 e. The minimum atomic E-state index is -2.79. The number of ether oxygens (including phenoxy) is 1. The van der Waals surface area contributed by atoms with E-state index in [1.807, 2.05) is 19.1 Å². The molecule has 1 saturated heterocycles. The molecule has 1 aliphatic heterocycles. The molecule has 106 valence electrons. The highest BCUT2D eigenvalue weighted by Gasteiger charge is 2.23. The molecule has 1 N–H and O–H groups in total. The third-order valence-corrected chi connectivity index (χ3v) is 5.06. The van der Waals surface area contributed by atoms with Crippen LogP contribution in [0.5, 0.6) is 5.75 Å². The average Bonchev–Trinajstić information content (AvgIpc) is 2.37. The number of nitrogens with zero attached hydrogens (tertiary/aromatic N) is 1. The van der Waals surface area contributed by atoms with Crippen LogP contribution in [0.3, 0.4) is 0 Å². The van der Waals surface area contributed by atoms with Gasteiger partial charge in [-0.15, -0.1) is 0 Å². The Bertz CT molecular complexity index is 529. The van der Waals surface area contributed by atoms with E-state index in [0.717, 1.165) is 17.1 Å². The first kappa shape index (κ1) is 14.3. The maximum atomic E-state index is 11.3. The molecule has 2 heterocycles. The zero-order valence-electron chi connectivity index (χ0n) is 11.3. The molecule has 1 fully saturated rings. The molecular weight excluding hydrogens is 264 g/mol. The number of sulfone groups is 1. The van der Waals surface area contributed by atoms with Crippen LogP contribution in [0.2, 0.25) is 0 Å². The van der Waals surface area contributed by atoms with Gasteiger partial charge in [0.25, 0.3) is 0 Å². The van der Waals surface area contributed by atoms with Crippen molar-refractivity contribution in [3.05, 3.63) is 23.5 Å². The van der Waals surface area contributed by atoms with Crippen LogP contribution in [-0.4, -0.2) is 38.1 Å². The second-order valence-electron chi connectivity index (χ2n) is 4.95. The Hall–Kier alpha value is -1.14. The zero-order valence-corrected chi connectivity index (χ0v) is 12.2. The molecule has 1 aliphatic rings. The van der Waals surface area contributed by atoms with Crippen molar-refractivity contribution in [2.75, 3.05) is 18.6 Å². The Labute approximate surface area is 114 Å². The molecule has 19 heavy (non-hydrogen) atoms. The highest BCUT2D eigenvalue weighted by Crippen LogP contribution is 2.15. The molecule has 0 atom stereocenters. The summed E-state index contributed by atoms with van der Waals surface area (Å²) in [5.74, 6) is 1.38. The van der Waals surface area contributed by atoms with E-state index in [4.69, 9.17) is 4.74 Å². The number of hydrogen-bond acceptors (Lipinski definition) is 5. The van der Waals surface area contributed by atoms with E-state index < -0.39 is 9.84 Å². The van der Waals surface area contributed by atoms with Gasteiger partial charge in [0.2, 0.25) is 0 Å². The molecule has 6 heteroatoms. The summed E-state index contributed by atoms with van der Waals surface area (Å²) in [5, 5.41) is 3.37. The number of rotatable bonds is 4. The average molecular weight is 284 g/mol. The molecule has 0 aliphatic carbocycles. The van der Waals surface area contributed by atoms with Crippen LogP contribution in [0.1, 0.15) is 24.2 Å². The normalized spacial score (nSPS) is 19.3. The van der Waals surface area contributed by atoms with Crippen LogP contribution in [-0.2, 0) is 16.4 Å². The third kappa shape index (κ3) is 4.18. The molecule has 1 aromatic rings. The smallest absolute Gasteiger partial charge is 0.150 e. The lowest BCUT2D eigenvalue weighted by Crippen LogP contribution is -2.37. The fourth-order valence-corrected chi connectivity index (χ4v) is 3.75.